The van der Waals surface area contributed by atoms with Gasteiger partial charge >= 0.3 is 0 Å². The van der Waals surface area contributed by atoms with Crippen molar-refractivity contribution in [3.63, 3.8) is 0 Å². The second-order valence-corrected chi connectivity index (χ2v) is 4.76. The molecule has 2 aromatic heterocycles. The first-order chi connectivity index (χ1) is 9.70. The van der Waals surface area contributed by atoms with E-state index in [9.17, 15) is 0 Å². The molecule has 20 heavy (non-hydrogen) atoms. The molecule has 0 unspecified atom stereocenters. The minimum Gasteiger partial charge on any atom is -0.339 e. The molecule has 0 bridgehead atoms. The monoisotopic (exact) mass is 268 g/mol. The van der Waals surface area contributed by atoms with E-state index in [0.29, 0.717) is 5.71 Å². The summed E-state index contributed by atoms with van der Waals surface area (Å²) in [6, 6.07) is 6.15. The molecule has 1 N–H and O–H groups in total. The zero-order valence-electron chi connectivity index (χ0n) is 11.8. The Morgan fingerprint density at radius 1 is 1.20 bits per heavy atom. The summed E-state index contributed by atoms with van der Waals surface area (Å²) < 4.78 is 5.23. The van der Waals surface area contributed by atoms with Crippen LogP contribution in [-0.2, 0) is 6.42 Å². The first-order valence-corrected chi connectivity index (χ1v) is 6.63. The smallest absolute Gasteiger partial charge is 0.263 e. The molecule has 0 atom stereocenters. The average Bonchev–Trinajstić information content (AvgIpc) is 2.88. The van der Waals surface area contributed by atoms with Crippen LogP contribution in [0.2, 0.25) is 0 Å². The molecule has 0 saturated heterocycles. The molecule has 0 fully saturated rings. The number of nitrogens with zero attached hydrogens (tertiary/aromatic N) is 3. The van der Waals surface area contributed by atoms with E-state index in [1.54, 1.807) is 0 Å². The Morgan fingerprint density at radius 2 is 2.05 bits per heavy atom. The van der Waals surface area contributed by atoms with Gasteiger partial charge in [0.2, 0.25) is 0 Å². The highest BCUT2D eigenvalue weighted by Gasteiger charge is 2.14. The van der Waals surface area contributed by atoms with Crippen molar-refractivity contribution in [3.8, 4) is 0 Å². The summed E-state index contributed by atoms with van der Waals surface area (Å²) in [6.07, 6.45) is 2.27. The van der Waals surface area contributed by atoms with Gasteiger partial charge in [0.15, 0.2) is 0 Å². The number of fused-ring (bicyclic) bond motifs is 1. The van der Waals surface area contributed by atoms with Gasteiger partial charge < -0.3 is 9.84 Å². The Balaban J connectivity index is 2.11. The van der Waals surface area contributed by atoms with Crippen LogP contribution in [0.15, 0.2) is 29.0 Å². The molecule has 0 aliphatic rings. The van der Waals surface area contributed by atoms with Crippen LogP contribution in [0.3, 0.4) is 0 Å². The highest BCUT2D eigenvalue weighted by atomic mass is 16.5. The number of aryl methyl sites for hydroxylation is 2. The summed E-state index contributed by atoms with van der Waals surface area (Å²) >= 11 is 0. The zero-order valence-corrected chi connectivity index (χ0v) is 11.8. The van der Waals surface area contributed by atoms with Gasteiger partial charge in [-0.3, -0.25) is 0 Å². The molecule has 0 aliphatic carbocycles. The number of hydrogen-bond donors (Lipinski definition) is 1. The normalized spacial score (nSPS) is 10.9. The third-order valence-electron chi connectivity index (χ3n) is 3.54. The van der Waals surface area contributed by atoms with E-state index in [1.165, 1.54) is 17.5 Å². The average molecular weight is 268 g/mol. The SMILES string of the molecule is CCc1noc2ncnc(Nc3cccc(C)c3C)c12. The van der Waals surface area contributed by atoms with Gasteiger partial charge in [0.25, 0.3) is 5.71 Å². The Morgan fingerprint density at radius 3 is 2.85 bits per heavy atom. The molecular formula is C15H16N4O. The third-order valence-corrected chi connectivity index (χ3v) is 3.54. The largest absolute Gasteiger partial charge is 0.339 e. The lowest BCUT2D eigenvalue weighted by Crippen LogP contribution is -1.99. The van der Waals surface area contributed by atoms with E-state index in [4.69, 9.17) is 4.52 Å². The second-order valence-electron chi connectivity index (χ2n) is 4.76. The fraction of sp³-hybridized carbons (Fsp3) is 0.267. The molecule has 102 valence electrons. The summed E-state index contributed by atoms with van der Waals surface area (Å²) in [7, 11) is 0. The Labute approximate surface area is 117 Å². The summed E-state index contributed by atoms with van der Waals surface area (Å²) in [5, 5.41) is 8.26. The molecule has 2 heterocycles. The Hall–Kier alpha value is -2.43. The van der Waals surface area contributed by atoms with Crippen molar-refractivity contribution in [1.29, 1.82) is 0 Å². The molecule has 3 aromatic rings. The van der Waals surface area contributed by atoms with E-state index < -0.39 is 0 Å². The molecule has 0 amide bonds. The number of benzene rings is 1. The van der Waals surface area contributed by atoms with Crippen LogP contribution in [0.5, 0.6) is 0 Å². The van der Waals surface area contributed by atoms with Crippen molar-refractivity contribution >= 4 is 22.6 Å². The number of aromatic nitrogens is 3. The summed E-state index contributed by atoms with van der Waals surface area (Å²) in [5.41, 5.74) is 4.86. The Bertz CT molecular complexity index is 764. The maximum Gasteiger partial charge on any atom is 0.263 e. The molecular weight excluding hydrogens is 252 g/mol. The van der Waals surface area contributed by atoms with Crippen molar-refractivity contribution in [2.45, 2.75) is 27.2 Å². The first kappa shape index (κ1) is 12.6. The predicted octanol–water partition coefficient (Wildman–Crippen LogP) is 3.54. The summed E-state index contributed by atoms with van der Waals surface area (Å²) in [6.45, 7) is 6.21. The van der Waals surface area contributed by atoms with Crippen molar-refractivity contribution in [3.05, 3.63) is 41.3 Å². The van der Waals surface area contributed by atoms with Gasteiger partial charge in [0, 0.05) is 5.69 Å². The van der Waals surface area contributed by atoms with Crippen molar-refractivity contribution < 1.29 is 4.52 Å². The van der Waals surface area contributed by atoms with Gasteiger partial charge in [-0.2, -0.15) is 4.98 Å². The lowest BCUT2D eigenvalue weighted by Gasteiger charge is -2.11. The quantitative estimate of drug-likeness (QED) is 0.787. The maximum atomic E-state index is 5.23. The lowest BCUT2D eigenvalue weighted by atomic mass is 10.1. The highest BCUT2D eigenvalue weighted by Crippen LogP contribution is 2.28. The van der Waals surface area contributed by atoms with Crippen LogP contribution in [-0.4, -0.2) is 15.1 Å². The fourth-order valence-electron chi connectivity index (χ4n) is 2.19. The molecule has 3 rings (SSSR count). The van der Waals surface area contributed by atoms with Crippen molar-refractivity contribution in [2.75, 3.05) is 5.32 Å². The van der Waals surface area contributed by atoms with E-state index in [2.05, 4.69) is 40.4 Å². The molecule has 0 radical (unpaired) electrons. The molecule has 0 aliphatic heterocycles. The minimum atomic E-state index is 0.518. The number of rotatable bonds is 3. The van der Waals surface area contributed by atoms with E-state index in [-0.39, 0.29) is 0 Å². The van der Waals surface area contributed by atoms with Crippen molar-refractivity contribution in [2.24, 2.45) is 0 Å². The third kappa shape index (κ3) is 2.01. The number of anilines is 2. The van der Waals surface area contributed by atoms with Gasteiger partial charge in [-0.1, -0.05) is 24.2 Å². The van der Waals surface area contributed by atoms with Gasteiger partial charge in [-0.05, 0) is 37.5 Å². The van der Waals surface area contributed by atoms with E-state index in [0.717, 1.165) is 29.0 Å². The molecule has 5 nitrogen and oxygen atoms in total. The van der Waals surface area contributed by atoms with Gasteiger partial charge in [0.1, 0.15) is 17.5 Å². The summed E-state index contributed by atoms with van der Waals surface area (Å²) in [4.78, 5) is 8.44. The van der Waals surface area contributed by atoms with Crippen LogP contribution in [0.1, 0.15) is 23.7 Å². The predicted molar refractivity (Wildman–Crippen MR) is 78.2 cm³/mol. The van der Waals surface area contributed by atoms with Crippen LogP contribution in [0.4, 0.5) is 11.5 Å². The number of nitrogens with one attached hydrogen (secondary N) is 1. The fourth-order valence-corrected chi connectivity index (χ4v) is 2.19. The molecule has 0 saturated carbocycles. The van der Waals surface area contributed by atoms with Gasteiger partial charge in [-0.15, -0.1) is 0 Å². The van der Waals surface area contributed by atoms with Gasteiger partial charge in [0.05, 0.1) is 5.69 Å². The van der Waals surface area contributed by atoms with E-state index >= 15 is 0 Å². The van der Waals surface area contributed by atoms with Crippen LogP contribution < -0.4 is 5.32 Å². The topological polar surface area (TPSA) is 63.8 Å². The van der Waals surface area contributed by atoms with E-state index in [1.807, 2.05) is 19.1 Å². The molecule has 1 aromatic carbocycles. The van der Waals surface area contributed by atoms with Crippen LogP contribution >= 0.6 is 0 Å². The molecule has 0 spiro atoms. The maximum absolute atomic E-state index is 5.23. The second kappa shape index (κ2) is 4.92. The molecule has 5 heteroatoms. The standard InChI is InChI=1S/C15H16N4O/c1-4-11-13-14(16-8-17-15(13)20-19-11)18-12-7-5-6-9(2)10(12)3/h5-8H,4H2,1-3H3,(H,16,17,18). The Kier molecular flexibility index (Phi) is 3.10. The first-order valence-electron chi connectivity index (χ1n) is 6.63. The number of hydrogen-bond acceptors (Lipinski definition) is 5. The van der Waals surface area contributed by atoms with Crippen LogP contribution in [0.25, 0.3) is 11.1 Å². The summed E-state index contributed by atoms with van der Waals surface area (Å²) in [5.74, 6) is 0.738. The van der Waals surface area contributed by atoms with Gasteiger partial charge in [-0.25, -0.2) is 4.98 Å². The van der Waals surface area contributed by atoms with Crippen molar-refractivity contribution in [1.82, 2.24) is 15.1 Å². The minimum absolute atomic E-state index is 0.518. The lowest BCUT2D eigenvalue weighted by molar-refractivity contribution is 0.439. The van der Waals surface area contributed by atoms with Crippen LogP contribution in [0, 0.1) is 13.8 Å². The highest BCUT2D eigenvalue weighted by molar-refractivity contribution is 5.89. The zero-order chi connectivity index (χ0) is 14.1.